The molecule has 0 aliphatic carbocycles. The molecular formula is C12H12FN3O2. The van der Waals surface area contributed by atoms with Crippen molar-refractivity contribution in [3.8, 4) is 0 Å². The minimum absolute atomic E-state index is 0.158. The lowest BCUT2D eigenvalue weighted by Gasteiger charge is -2.12. The molecule has 1 aromatic heterocycles. The van der Waals surface area contributed by atoms with E-state index in [9.17, 15) is 14.0 Å². The molecule has 1 atom stereocenters. The minimum atomic E-state index is -0.484. The highest BCUT2D eigenvalue weighted by Crippen LogP contribution is 2.12. The van der Waals surface area contributed by atoms with Crippen molar-refractivity contribution in [3.05, 3.63) is 44.9 Å². The van der Waals surface area contributed by atoms with E-state index >= 15 is 0 Å². The first-order valence-electron chi connectivity index (χ1n) is 5.81. The second kappa shape index (κ2) is 4.06. The first-order valence-corrected chi connectivity index (χ1v) is 5.81. The number of nitrogens with one attached hydrogen (secondary N) is 2. The van der Waals surface area contributed by atoms with Crippen LogP contribution in [-0.4, -0.2) is 22.6 Å². The van der Waals surface area contributed by atoms with Gasteiger partial charge in [0.1, 0.15) is 5.82 Å². The van der Waals surface area contributed by atoms with Gasteiger partial charge in [-0.3, -0.25) is 9.36 Å². The highest BCUT2D eigenvalue weighted by molar-refractivity contribution is 5.77. The minimum Gasteiger partial charge on any atom is -0.315 e. The van der Waals surface area contributed by atoms with Gasteiger partial charge in [-0.2, -0.15) is 0 Å². The molecule has 0 bridgehead atoms. The van der Waals surface area contributed by atoms with Gasteiger partial charge in [-0.1, -0.05) is 0 Å². The molecule has 5 nitrogen and oxygen atoms in total. The number of benzene rings is 1. The number of rotatable bonds is 1. The molecule has 0 radical (unpaired) electrons. The second-order valence-corrected chi connectivity index (χ2v) is 4.44. The Labute approximate surface area is 101 Å². The van der Waals surface area contributed by atoms with E-state index in [1.165, 1.54) is 16.7 Å². The number of halogens is 1. The molecular weight excluding hydrogens is 237 g/mol. The monoisotopic (exact) mass is 249 g/mol. The Kier molecular flexibility index (Phi) is 2.52. The number of fused-ring (bicyclic) bond motifs is 1. The van der Waals surface area contributed by atoms with Gasteiger partial charge in [0.2, 0.25) is 0 Å². The lowest BCUT2D eigenvalue weighted by molar-refractivity contribution is 0.507. The molecule has 1 aliphatic rings. The molecule has 0 unspecified atom stereocenters. The summed E-state index contributed by atoms with van der Waals surface area (Å²) in [5.74, 6) is -0.484. The van der Waals surface area contributed by atoms with E-state index < -0.39 is 17.1 Å². The Bertz CT molecular complexity index is 713. The summed E-state index contributed by atoms with van der Waals surface area (Å²) in [4.78, 5) is 26.8. The third-order valence-corrected chi connectivity index (χ3v) is 3.29. The van der Waals surface area contributed by atoms with Crippen LogP contribution in [-0.2, 0) is 0 Å². The summed E-state index contributed by atoms with van der Waals surface area (Å²) in [6, 6.07) is 3.63. The van der Waals surface area contributed by atoms with Crippen molar-refractivity contribution in [2.45, 2.75) is 12.5 Å². The SMILES string of the molecule is O=c1[nH]c2ccc(F)cc2c(=O)n1[C@@H]1CCNC1. The molecule has 6 heteroatoms. The Balaban J connectivity index is 2.32. The van der Waals surface area contributed by atoms with Crippen molar-refractivity contribution in [1.82, 2.24) is 14.9 Å². The summed E-state index contributed by atoms with van der Waals surface area (Å²) in [6.07, 6.45) is 0.726. The summed E-state index contributed by atoms with van der Waals surface area (Å²) >= 11 is 0. The van der Waals surface area contributed by atoms with E-state index in [-0.39, 0.29) is 11.4 Å². The second-order valence-electron chi connectivity index (χ2n) is 4.44. The summed E-state index contributed by atoms with van der Waals surface area (Å²) < 4.78 is 14.4. The maximum atomic E-state index is 13.2. The van der Waals surface area contributed by atoms with Crippen molar-refractivity contribution in [2.75, 3.05) is 13.1 Å². The van der Waals surface area contributed by atoms with Crippen molar-refractivity contribution >= 4 is 10.9 Å². The Morgan fingerprint density at radius 2 is 2.17 bits per heavy atom. The molecule has 0 amide bonds. The quantitative estimate of drug-likeness (QED) is 0.767. The fourth-order valence-corrected chi connectivity index (χ4v) is 2.39. The zero-order chi connectivity index (χ0) is 12.7. The molecule has 1 aromatic carbocycles. The Morgan fingerprint density at radius 3 is 2.89 bits per heavy atom. The maximum absolute atomic E-state index is 13.2. The van der Waals surface area contributed by atoms with Crippen LogP contribution in [0, 0.1) is 5.82 Å². The summed E-state index contributed by atoms with van der Waals surface area (Å²) in [5.41, 5.74) is -0.497. The topological polar surface area (TPSA) is 66.9 Å². The van der Waals surface area contributed by atoms with E-state index in [2.05, 4.69) is 10.3 Å². The third-order valence-electron chi connectivity index (χ3n) is 3.29. The van der Waals surface area contributed by atoms with Gasteiger partial charge in [0.15, 0.2) is 0 Å². The number of nitrogens with zero attached hydrogens (tertiary/aromatic N) is 1. The van der Waals surface area contributed by atoms with Crippen LogP contribution >= 0.6 is 0 Å². The van der Waals surface area contributed by atoms with Gasteiger partial charge >= 0.3 is 5.69 Å². The number of hydrogen-bond acceptors (Lipinski definition) is 3. The van der Waals surface area contributed by atoms with E-state index in [1.54, 1.807) is 0 Å². The average molecular weight is 249 g/mol. The van der Waals surface area contributed by atoms with E-state index in [4.69, 9.17) is 0 Å². The zero-order valence-corrected chi connectivity index (χ0v) is 9.57. The summed E-state index contributed by atoms with van der Waals surface area (Å²) in [5, 5.41) is 3.31. The molecule has 3 rings (SSSR count). The van der Waals surface area contributed by atoms with Gasteiger partial charge in [0.05, 0.1) is 16.9 Å². The Hall–Kier alpha value is -1.95. The fraction of sp³-hybridized carbons (Fsp3) is 0.333. The van der Waals surface area contributed by atoms with Gasteiger partial charge in [0, 0.05) is 6.54 Å². The van der Waals surface area contributed by atoms with E-state index in [0.717, 1.165) is 19.0 Å². The van der Waals surface area contributed by atoms with E-state index in [1.807, 2.05) is 0 Å². The molecule has 2 aromatic rings. The third kappa shape index (κ3) is 1.65. The standard InChI is InChI=1S/C12H12FN3O2/c13-7-1-2-10-9(5-7)11(17)16(12(18)15-10)8-3-4-14-6-8/h1-2,5,8,14H,3-4,6H2,(H,15,18)/t8-/m1/s1. The molecule has 0 saturated carbocycles. The van der Waals surface area contributed by atoms with Crippen molar-refractivity contribution in [2.24, 2.45) is 0 Å². The summed E-state index contributed by atoms with van der Waals surface area (Å²) in [6.45, 7) is 1.36. The fourth-order valence-electron chi connectivity index (χ4n) is 2.39. The number of H-pyrrole nitrogens is 1. The molecule has 18 heavy (non-hydrogen) atoms. The largest absolute Gasteiger partial charge is 0.329 e. The van der Waals surface area contributed by atoms with Crippen LogP contribution < -0.4 is 16.6 Å². The smallest absolute Gasteiger partial charge is 0.315 e. The van der Waals surface area contributed by atoms with Crippen molar-refractivity contribution in [1.29, 1.82) is 0 Å². The number of hydrogen-bond donors (Lipinski definition) is 2. The van der Waals surface area contributed by atoms with E-state index in [0.29, 0.717) is 12.1 Å². The first kappa shape index (κ1) is 11.2. The van der Waals surface area contributed by atoms with Crippen LogP contribution in [0.2, 0.25) is 0 Å². The van der Waals surface area contributed by atoms with Gasteiger partial charge in [-0.05, 0) is 31.2 Å². The number of aromatic amines is 1. The lowest BCUT2D eigenvalue weighted by atomic mass is 10.2. The lowest BCUT2D eigenvalue weighted by Crippen LogP contribution is -2.38. The van der Waals surface area contributed by atoms with Gasteiger partial charge in [-0.25, -0.2) is 9.18 Å². The molecule has 94 valence electrons. The molecule has 1 aliphatic heterocycles. The van der Waals surface area contributed by atoms with Gasteiger partial charge in [0.25, 0.3) is 5.56 Å². The van der Waals surface area contributed by atoms with Gasteiger partial charge < -0.3 is 10.3 Å². The number of aromatic nitrogens is 2. The molecule has 0 spiro atoms. The first-order chi connectivity index (χ1) is 8.66. The van der Waals surface area contributed by atoms with Crippen LogP contribution in [0.25, 0.3) is 10.9 Å². The zero-order valence-electron chi connectivity index (χ0n) is 9.57. The van der Waals surface area contributed by atoms with Crippen LogP contribution in [0.4, 0.5) is 4.39 Å². The normalized spacial score (nSPS) is 19.5. The van der Waals surface area contributed by atoms with Gasteiger partial charge in [-0.15, -0.1) is 0 Å². The highest BCUT2D eigenvalue weighted by Gasteiger charge is 2.21. The molecule has 2 heterocycles. The van der Waals surface area contributed by atoms with Crippen LogP contribution in [0.5, 0.6) is 0 Å². The Morgan fingerprint density at radius 1 is 1.33 bits per heavy atom. The molecule has 2 N–H and O–H groups in total. The summed E-state index contributed by atoms with van der Waals surface area (Å²) in [7, 11) is 0. The molecule has 1 fully saturated rings. The van der Waals surface area contributed by atoms with Crippen LogP contribution in [0.3, 0.4) is 0 Å². The van der Waals surface area contributed by atoms with Crippen LogP contribution in [0.15, 0.2) is 27.8 Å². The predicted molar refractivity (Wildman–Crippen MR) is 65.3 cm³/mol. The highest BCUT2D eigenvalue weighted by atomic mass is 19.1. The average Bonchev–Trinajstić information content (AvgIpc) is 2.84. The molecule has 1 saturated heterocycles. The van der Waals surface area contributed by atoms with Crippen molar-refractivity contribution < 1.29 is 4.39 Å². The van der Waals surface area contributed by atoms with Crippen molar-refractivity contribution in [3.63, 3.8) is 0 Å². The van der Waals surface area contributed by atoms with Crippen LogP contribution in [0.1, 0.15) is 12.5 Å². The maximum Gasteiger partial charge on any atom is 0.329 e. The predicted octanol–water partition coefficient (Wildman–Crippen LogP) is 0.363.